The molecule has 0 atom stereocenters. The molecule has 0 fully saturated rings. The summed E-state index contributed by atoms with van der Waals surface area (Å²) in [5.74, 6) is 0.850. The Bertz CT molecular complexity index is 528. The number of thiophene rings is 1. The molecule has 0 aliphatic rings. The fourth-order valence-corrected chi connectivity index (χ4v) is 2.99. The molecule has 0 aromatic carbocycles. The minimum Gasteiger partial charge on any atom is -0.358 e. The minimum atomic E-state index is 0.717. The quantitative estimate of drug-likeness (QED) is 0.847. The van der Waals surface area contributed by atoms with Gasteiger partial charge >= 0.3 is 0 Å². The Balaban J connectivity index is 1.96. The smallest absolute Gasteiger partial charge is 0.147 e. The van der Waals surface area contributed by atoms with Crippen LogP contribution in [-0.2, 0) is 13.0 Å². The Hall–Kier alpha value is -1.10. The SMILES string of the molecule is CCNCc1cnc(N(C)CCc2cccs2)c(Cl)c1. The van der Waals surface area contributed by atoms with Crippen LogP contribution in [0.3, 0.4) is 0 Å². The molecule has 0 saturated heterocycles. The van der Waals surface area contributed by atoms with Crippen molar-refractivity contribution in [1.29, 1.82) is 0 Å². The maximum atomic E-state index is 6.33. The Morgan fingerprint density at radius 1 is 1.45 bits per heavy atom. The summed E-state index contributed by atoms with van der Waals surface area (Å²) in [7, 11) is 2.03. The van der Waals surface area contributed by atoms with Crippen molar-refractivity contribution in [3.63, 3.8) is 0 Å². The van der Waals surface area contributed by atoms with Crippen LogP contribution < -0.4 is 10.2 Å². The van der Waals surface area contributed by atoms with Crippen molar-refractivity contribution in [3.05, 3.63) is 45.2 Å². The molecule has 2 aromatic heterocycles. The summed E-state index contributed by atoms with van der Waals surface area (Å²) in [5.41, 5.74) is 1.12. The Labute approximate surface area is 129 Å². The average Bonchev–Trinajstić information content (AvgIpc) is 2.96. The third kappa shape index (κ3) is 4.20. The lowest BCUT2D eigenvalue weighted by Crippen LogP contribution is -2.22. The van der Waals surface area contributed by atoms with E-state index in [9.17, 15) is 0 Å². The first-order chi connectivity index (χ1) is 9.70. The lowest BCUT2D eigenvalue weighted by Gasteiger charge is -2.19. The molecule has 0 bridgehead atoms. The highest BCUT2D eigenvalue weighted by Crippen LogP contribution is 2.23. The topological polar surface area (TPSA) is 28.2 Å². The molecule has 20 heavy (non-hydrogen) atoms. The van der Waals surface area contributed by atoms with Crippen LogP contribution in [-0.4, -0.2) is 25.1 Å². The first kappa shape index (κ1) is 15.3. The van der Waals surface area contributed by atoms with E-state index >= 15 is 0 Å². The first-order valence-corrected chi connectivity index (χ1v) is 8.05. The van der Waals surface area contributed by atoms with Crippen molar-refractivity contribution in [1.82, 2.24) is 10.3 Å². The van der Waals surface area contributed by atoms with Crippen LogP contribution in [0.1, 0.15) is 17.4 Å². The van der Waals surface area contributed by atoms with E-state index in [2.05, 4.69) is 39.6 Å². The van der Waals surface area contributed by atoms with Crippen LogP contribution >= 0.6 is 22.9 Å². The molecule has 0 spiro atoms. The summed E-state index contributed by atoms with van der Waals surface area (Å²) in [6, 6.07) is 6.24. The summed E-state index contributed by atoms with van der Waals surface area (Å²) in [6.07, 6.45) is 2.91. The van der Waals surface area contributed by atoms with E-state index in [1.807, 2.05) is 19.3 Å². The molecule has 2 aromatic rings. The highest BCUT2D eigenvalue weighted by atomic mass is 35.5. The van der Waals surface area contributed by atoms with Crippen LogP contribution in [0.15, 0.2) is 29.8 Å². The molecule has 1 N–H and O–H groups in total. The van der Waals surface area contributed by atoms with Gasteiger partial charge in [0.05, 0.1) is 5.02 Å². The molecule has 0 amide bonds. The number of aromatic nitrogens is 1. The van der Waals surface area contributed by atoms with Gasteiger partial charge in [-0.05, 0) is 36.0 Å². The summed E-state index contributed by atoms with van der Waals surface area (Å²) in [6.45, 7) is 4.75. The van der Waals surface area contributed by atoms with Gasteiger partial charge in [0.25, 0.3) is 0 Å². The van der Waals surface area contributed by atoms with Crippen LogP contribution in [0.4, 0.5) is 5.82 Å². The standard InChI is InChI=1S/C15H20ClN3S/c1-3-17-10-12-9-14(16)15(18-11-12)19(2)7-6-13-5-4-8-20-13/h4-5,8-9,11,17H,3,6-7,10H2,1-2H3. The van der Waals surface area contributed by atoms with E-state index < -0.39 is 0 Å². The van der Waals surface area contributed by atoms with Crippen molar-refractivity contribution in [2.75, 3.05) is 25.0 Å². The Kier molecular flexibility index (Phi) is 5.83. The molecular formula is C15H20ClN3S. The van der Waals surface area contributed by atoms with E-state index in [4.69, 9.17) is 11.6 Å². The number of likely N-dealkylation sites (N-methyl/N-ethyl adjacent to an activating group) is 1. The molecule has 0 saturated carbocycles. The molecule has 3 nitrogen and oxygen atoms in total. The predicted molar refractivity (Wildman–Crippen MR) is 87.9 cm³/mol. The second-order valence-electron chi connectivity index (χ2n) is 4.68. The number of anilines is 1. The number of hydrogen-bond acceptors (Lipinski definition) is 4. The maximum Gasteiger partial charge on any atom is 0.147 e. The number of halogens is 1. The fraction of sp³-hybridized carbons (Fsp3) is 0.400. The molecule has 0 aliphatic carbocycles. The molecule has 2 rings (SSSR count). The van der Waals surface area contributed by atoms with Gasteiger partial charge < -0.3 is 10.2 Å². The van der Waals surface area contributed by atoms with E-state index in [-0.39, 0.29) is 0 Å². The number of nitrogens with one attached hydrogen (secondary N) is 1. The van der Waals surface area contributed by atoms with Crippen LogP contribution in [0.25, 0.3) is 0 Å². The van der Waals surface area contributed by atoms with Crippen LogP contribution in [0.2, 0.25) is 5.02 Å². The molecule has 0 unspecified atom stereocenters. The second-order valence-corrected chi connectivity index (χ2v) is 6.12. The molecule has 5 heteroatoms. The first-order valence-electron chi connectivity index (χ1n) is 6.79. The zero-order chi connectivity index (χ0) is 14.4. The van der Waals surface area contributed by atoms with Gasteiger partial charge in [0.15, 0.2) is 0 Å². The summed E-state index contributed by atoms with van der Waals surface area (Å²) < 4.78 is 0. The van der Waals surface area contributed by atoms with Crippen molar-refractivity contribution >= 4 is 28.8 Å². The van der Waals surface area contributed by atoms with Gasteiger partial charge in [-0.2, -0.15) is 0 Å². The van der Waals surface area contributed by atoms with Gasteiger partial charge in [0.2, 0.25) is 0 Å². The molecule has 2 heterocycles. The molecule has 0 radical (unpaired) electrons. The highest BCUT2D eigenvalue weighted by molar-refractivity contribution is 7.09. The van der Waals surface area contributed by atoms with Gasteiger partial charge in [0, 0.05) is 31.2 Å². The van der Waals surface area contributed by atoms with Gasteiger partial charge in [0.1, 0.15) is 5.82 Å². The fourth-order valence-electron chi connectivity index (χ4n) is 1.96. The van der Waals surface area contributed by atoms with Crippen LogP contribution in [0, 0.1) is 0 Å². The summed E-state index contributed by atoms with van der Waals surface area (Å²) in [5, 5.41) is 6.10. The highest BCUT2D eigenvalue weighted by Gasteiger charge is 2.09. The van der Waals surface area contributed by atoms with E-state index in [1.165, 1.54) is 4.88 Å². The number of rotatable bonds is 7. The number of pyridine rings is 1. The molecule has 108 valence electrons. The van der Waals surface area contributed by atoms with E-state index in [0.29, 0.717) is 5.02 Å². The van der Waals surface area contributed by atoms with Crippen molar-refractivity contribution in [2.24, 2.45) is 0 Å². The molecular weight excluding hydrogens is 290 g/mol. The lowest BCUT2D eigenvalue weighted by atomic mass is 10.2. The zero-order valence-corrected chi connectivity index (χ0v) is 13.5. The third-order valence-electron chi connectivity index (χ3n) is 3.09. The number of hydrogen-bond donors (Lipinski definition) is 1. The largest absolute Gasteiger partial charge is 0.358 e. The summed E-state index contributed by atoms with van der Waals surface area (Å²) >= 11 is 8.12. The zero-order valence-electron chi connectivity index (χ0n) is 11.9. The van der Waals surface area contributed by atoms with Crippen molar-refractivity contribution in [3.8, 4) is 0 Å². The van der Waals surface area contributed by atoms with E-state index in [1.54, 1.807) is 11.3 Å². The number of nitrogens with zero attached hydrogens (tertiary/aromatic N) is 2. The monoisotopic (exact) mass is 309 g/mol. The summed E-state index contributed by atoms with van der Waals surface area (Å²) in [4.78, 5) is 7.98. The Morgan fingerprint density at radius 2 is 2.30 bits per heavy atom. The molecule has 0 aliphatic heterocycles. The van der Waals surface area contributed by atoms with Crippen molar-refractivity contribution in [2.45, 2.75) is 19.9 Å². The third-order valence-corrected chi connectivity index (χ3v) is 4.31. The Morgan fingerprint density at radius 3 is 2.95 bits per heavy atom. The average molecular weight is 310 g/mol. The predicted octanol–water partition coefficient (Wildman–Crippen LogP) is 3.58. The van der Waals surface area contributed by atoms with Gasteiger partial charge in [-0.1, -0.05) is 24.6 Å². The second kappa shape index (κ2) is 7.62. The van der Waals surface area contributed by atoms with Crippen LogP contribution in [0.5, 0.6) is 0 Å². The van der Waals surface area contributed by atoms with Gasteiger partial charge in [-0.25, -0.2) is 4.98 Å². The maximum absolute atomic E-state index is 6.33. The minimum absolute atomic E-state index is 0.717. The van der Waals surface area contributed by atoms with Gasteiger partial charge in [-0.3, -0.25) is 0 Å². The normalized spacial score (nSPS) is 10.8. The van der Waals surface area contributed by atoms with Gasteiger partial charge in [-0.15, -0.1) is 11.3 Å². The van der Waals surface area contributed by atoms with E-state index in [0.717, 1.165) is 37.4 Å². The van der Waals surface area contributed by atoms with Crippen molar-refractivity contribution < 1.29 is 0 Å². The lowest BCUT2D eigenvalue weighted by molar-refractivity contribution is 0.724.